The largest absolute Gasteiger partial charge is 0.459 e. The Kier molecular flexibility index (Phi) is 6.00. The van der Waals surface area contributed by atoms with Crippen molar-refractivity contribution in [1.82, 2.24) is 10.6 Å². The molecule has 2 fully saturated rings. The molecule has 3 unspecified atom stereocenters. The van der Waals surface area contributed by atoms with Gasteiger partial charge in [-0.3, -0.25) is 0 Å². The molecular weight excluding hydrogens is 343 g/mol. The number of nitrogens with one attached hydrogen (secondary N) is 2. The summed E-state index contributed by atoms with van der Waals surface area (Å²) in [6.45, 7) is 5.27. The number of fused-ring (bicyclic) bond motifs is 1. The average molecular weight is 369 g/mol. The maximum absolute atomic E-state index is 13.4. The van der Waals surface area contributed by atoms with Crippen LogP contribution in [0.25, 0.3) is 11.0 Å². The molecule has 0 bridgehead atoms. The lowest BCUT2D eigenvalue weighted by Gasteiger charge is -2.32. The minimum absolute atomic E-state index is 0. The first kappa shape index (κ1) is 18.6. The van der Waals surface area contributed by atoms with Gasteiger partial charge in [0.2, 0.25) is 0 Å². The first-order valence-corrected chi connectivity index (χ1v) is 8.94. The topological polar surface area (TPSA) is 46.4 Å². The molecule has 2 aromatic rings. The maximum atomic E-state index is 13.4. The van der Waals surface area contributed by atoms with E-state index in [2.05, 4.69) is 10.6 Å². The second-order valence-electron chi connectivity index (χ2n) is 7.01. The highest BCUT2D eigenvalue weighted by atomic mass is 35.5. The fourth-order valence-electron chi connectivity index (χ4n) is 4.22. The van der Waals surface area contributed by atoms with Crippen LogP contribution < -0.4 is 10.6 Å². The van der Waals surface area contributed by atoms with E-state index < -0.39 is 0 Å². The fraction of sp³-hybridized carbons (Fsp3) is 0.579. The molecule has 25 heavy (non-hydrogen) atoms. The van der Waals surface area contributed by atoms with E-state index in [1.165, 1.54) is 25.3 Å². The molecule has 1 aliphatic carbocycles. The highest BCUT2D eigenvalue weighted by molar-refractivity contribution is 5.85. The third kappa shape index (κ3) is 3.85. The zero-order chi connectivity index (χ0) is 16.5. The highest BCUT2D eigenvalue weighted by Crippen LogP contribution is 2.31. The Balaban J connectivity index is 0.00000182. The molecule has 3 atom stereocenters. The summed E-state index contributed by atoms with van der Waals surface area (Å²) in [6, 6.07) is 5.64. The molecule has 4 nitrogen and oxygen atoms in total. The summed E-state index contributed by atoms with van der Waals surface area (Å²) < 4.78 is 25.0. The summed E-state index contributed by atoms with van der Waals surface area (Å²) in [5, 5.41) is 8.15. The first-order valence-electron chi connectivity index (χ1n) is 8.94. The highest BCUT2D eigenvalue weighted by Gasteiger charge is 2.34. The van der Waals surface area contributed by atoms with Crippen LogP contribution in [-0.2, 0) is 11.3 Å². The SMILES string of the molecule is Cc1c(CNC2CCCC2C2COCCN2)oc2ccc(F)cc12.Cl. The van der Waals surface area contributed by atoms with E-state index in [4.69, 9.17) is 9.15 Å². The van der Waals surface area contributed by atoms with E-state index >= 15 is 0 Å². The molecule has 138 valence electrons. The molecule has 1 aliphatic heterocycles. The zero-order valence-corrected chi connectivity index (χ0v) is 15.3. The second-order valence-corrected chi connectivity index (χ2v) is 7.01. The van der Waals surface area contributed by atoms with E-state index in [0.29, 0.717) is 24.5 Å². The molecule has 1 aromatic heterocycles. The Morgan fingerprint density at radius 1 is 1.32 bits per heavy atom. The summed E-state index contributed by atoms with van der Waals surface area (Å²) in [6.07, 6.45) is 3.69. The lowest BCUT2D eigenvalue weighted by atomic mass is 9.94. The molecule has 2 aliphatic rings. The molecule has 2 heterocycles. The van der Waals surface area contributed by atoms with Gasteiger partial charge in [-0.2, -0.15) is 0 Å². The maximum Gasteiger partial charge on any atom is 0.134 e. The molecular formula is C19H26ClFN2O2. The lowest BCUT2D eigenvalue weighted by Crippen LogP contribution is -2.50. The van der Waals surface area contributed by atoms with Gasteiger partial charge in [0.05, 0.1) is 19.8 Å². The van der Waals surface area contributed by atoms with Crippen molar-refractivity contribution in [2.45, 2.75) is 44.8 Å². The predicted octanol–water partition coefficient (Wildman–Crippen LogP) is 3.55. The second kappa shape index (κ2) is 8.04. The number of aryl methyl sites for hydroxylation is 1. The third-order valence-corrected chi connectivity index (χ3v) is 5.56. The van der Waals surface area contributed by atoms with Crippen molar-refractivity contribution >= 4 is 23.4 Å². The standard InChI is InChI=1S/C19H25FN2O2.ClH/c1-12-15-9-13(20)5-6-18(15)24-19(12)10-22-16-4-2-3-14(16)17-11-23-8-7-21-17;/h5-6,9,14,16-17,21-22H,2-4,7-8,10-11H2,1H3;1H. The van der Waals surface area contributed by atoms with Gasteiger partial charge in [-0.15, -0.1) is 12.4 Å². The Bertz CT molecular complexity index is 715. The molecule has 2 N–H and O–H groups in total. The van der Waals surface area contributed by atoms with Crippen molar-refractivity contribution in [3.8, 4) is 0 Å². The van der Waals surface area contributed by atoms with Crippen LogP contribution >= 0.6 is 12.4 Å². The molecule has 1 saturated carbocycles. The van der Waals surface area contributed by atoms with Crippen LogP contribution in [0.15, 0.2) is 22.6 Å². The smallest absolute Gasteiger partial charge is 0.134 e. The summed E-state index contributed by atoms with van der Waals surface area (Å²) >= 11 is 0. The van der Waals surface area contributed by atoms with Gasteiger partial charge in [-0.1, -0.05) is 6.42 Å². The van der Waals surface area contributed by atoms with Crippen molar-refractivity contribution in [1.29, 1.82) is 0 Å². The monoisotopic (exact) mass is 368 g/mol. The van der Waals surface area contributed by atoms with Crippen molar-refractivity contribution in [2.75, 3.05) is 19.8 Å². The van der Waals surface area contributed by atoms with Gasteiger partial charge in [-0.05, 0) is 49.4 Å². The molecule has 0 amide bonds. The van der Waals surface area contributed by atoms with E-state index in [9.17, 15) is 4.39 Å². The van der Waals surface area contributed by atoms with Crippen molar-refractivity contribution in [3.05, 3.63) is 35.3 Å². The molecule has 6 heteroatoms. The molecule has 0 radical (unpaired) electrons. The average Bonchev–Trinajstić information content (AvgIpc) is 3.19. The minimum atomic E-state index is -0.217. The van der Waals surface area contributed by atoms with E-state index in [-0.39, 0.29) is 18.2 Å². The lowest BCUT2D eigenvalue weighted by molar-refractivity contribution is 0.0523. The van der Waals surface area contributed by atoms with Crippen LogP contribution in [0.5, 0.6) is 0 Å². The van der Waals surface area contributed by atoms with Crippen LogP contribution in [0.1, 0.15) is 30.6 Å². The van der Waals surface area contributed by atoms with E-state index in [1.807, 2.05) is 6.92 Å². The van der Waals surface area contributed by atoms with E-state index in [1.54, 1.807) is 12.1 Å². The predicted molar refractivity (Wildman–Crippen MR) is 98.7 cm³/mol. The Morgan fingerprint density at radius 3 is 3.00 bits per heavy atom. The number of benzene rings is 1. The molecule has 4 rings (SSSR count). The quantitative estimate of drug-likeness (QED) is 0.866. The number of hydrogen-bond acceptors (Lipinski definition) is 4. The zero-order valence-electron chi connectivity index (χ0n) is 14.5. The van der Waals surface area contributed by atoms with Gasteiger partial charge in [0.15, 0.2) is 0 Å². The molecule has 1 aromatic carbocycles. The number of halogens is 2. The van der Waals surface area contributed by atoms with Crippen LogP contribution in [0, 0.1) is 18.7 Å². The number of rotatable bonds is 4. The Morgan fingerprint density at radius 2 is 2.20 bits per heavy atom. The summed E-state index contributed by atoms with van der Waals surface area (Å²) in [5.74, 6) is 1.30. The first-order chi connectivity index (χ1) is 11.7. The Hall–Kier alpha value is -1.14. The number of morpholine rings is 1. The number of furan rings is 1. The van der Waals surface area contributed by atoms with Gasteiger partial charge >= 0.3 is 0 Å². The normalized spacial score (nSPS) is 26.7. The van der Waals surface area contributed by atoms with Gasteiger partial charge in [0.25, 0.3) is 0 Å². The molecule has 1 saturated heterocycles. The molecule has 0 spiro atoms. The van der Waals surface area contributed by atoms with Crippen molar-refractivity contribution in [2.24, 2.45) is 5.92 Å². The van der Waals surface area contributed by atoms with Gasteiger partial charge in [0.1, 0.15) is 17.2 Å². The summed E-state index contributed by atoms with van der Waals surface area (Å²) in [4.78, 5) is 0. The van der Waals surface area contributed by atoms with Crippen LogP contribution in [0.4, 0.5) is 4.39 Å². The fourth-order valence-corrected chi connectivity index (χ4v) is 4.22. The summed E-state index contributed by atoms with van der Waals surface area (Å²) in [5.41, 5.74) is 1.79. The van der Waals surface area contributed by atoms with Crippen molar-refractivity contribution in [3.63, 3.8) is 0 Å². The van der Waals surface area contributed by atoms with Crippen molar-refractivity contribution < 1.29 is 13.5 Å². The van der Waals surface area contributed by atoms with Gasteiger partial charge in [0, 0.05) is 24.0 Å². The van der Waals surface area contributed by atoms with Crippen LogP contribution in [0.3, 0.4) is 0 Å². The van der Waals surface area contributed by atoms with Gasteiger partial charge < -0.3 is 19.8 Å². The number of hydrogen-bond donors (Lipinski definition) is 2. The third-order valence-electron chi connectivity index (χ3n) is 5.56. The minimum Gasteiger partial charge on any atom is -0.459 e. The van der Waals surface area contributed by atoms with Gasteiger partial charge in [-0.25, -0.2) is 4.39 Å². The Labute approximate surface area is 153 Å². The summed E-state index contributed by atoms with van der Waals surface area (Å²) in [7, 11) is 0. The number of ether oxygens (including phenoxy) is 1. The van der Waals surface area contributed by atoms with Crippen LogP contribution in [0.2, 0.25) is 0 Å². The van der Waals surface area contributed by atoms with E-state index in [0.717, 1.165) is 42.1 Å². The van der Waals surface area contributed by atoms with Crippen LogP contribution in [-0.4, -0.2) is 31.8 Å².